The lowest BCUT2D eigenvalue weighted by Gasteiger charge is -2.20. The van der Waals surface area contributed by atoms with Gasteiger partial charge in [0.2, 0.25) is 0 Å². The van der Waals surface area contributed by atoms with Gasteiger partial charge in [0.25, 0.3) is 5.56 Å². The first-order valence-corrected chi connectivity index (χ1v) is 7.93. The van der Waals surface area contributed by atoms with Crippen LogP contribution in [0, 0.1) is 0 Å². The zero-order valence-electron chi connectivity index (χ0n) is 13.0. The fraction of sp³-hybridized carbons (Fsp3) is 0.222. The molecule has 0 amide bonds. The van der Waals surface area contributed by atoms with Gasteiger partial charge in [-0.25, -0.2) is 4.98 Å². The maximum atomic E-state index is 12.2. The van der Waals surface area contributed by atoms with Crippen LogP contribution < -0.4 is 10.9 Å². The Labute approximate surface area is 139 Å². The number of aromatic nitrogens is 2. The lowest BCUT2D eigenvalue weighted by Crippen LogP contribution is -2.26. The largest absolute Gasteiger partial charge is 0.309 e. The van der Waals surface area contributed by atoms with Crippen molar-refractivity contribution in [2.45, 2.75) is 25.9 Å². The van der Waals surface area contributed by atoms with E-state index >= 15 is 0 Å². The molecule has 0 saturated heterocycles. The van der Waals surface area contributed by atoms with Crippen LogP contribution in [0.3, 0.4) is 0 Å². The highest BCUT2D eigenvalue weighted by atomic mass is 35.5. The van der Waals surface area contributed by atoms with Crippen molar-refractivity contribution in [3.8, 4) is 0 Å². The van der Waals surface area contributed by atoms with E-state index in [0.717, 1.165) is 5.56 Å². The third-order valence-corrected chi connectivity index (χ3v) is 4.13. The van der Waals surface area contributed by atoms with Crippen LogP contribution >= 0.6 is 11.6 Å². The molecule has 5 heteroatoms. The van der Waals surface area contributed by atoms with Crippen molar-refractivity contribution in [3.63, 3.8) is 0 Å². The van der Waals surface area contributed by atoms with Gasteiger partial charge in [-0.05, 0) is 43.7 Å². The molecule has 118 valence electrons. The molecule has 3 aromatic rings. The fourth-order valence-electron chi connectivity index (χ4n) is 2.64. The lowest BCUT2D eigenvalue weighted by molar-refractivity contribution is 0.477. The number of nitrogens with zero attached hydrogens (tertiary/aromatic N) is 1. The zero-order valence-corrected chi connectivity index (χ0v) is 13.8. The monoisotopic (exact) mass is 327 g/mol. The number of hydrogen-bond donors (Lipinski definition) is 2. The molecule has 0 aliphatic rings. The van der Waals surface area contributed by atoms with E-state index < -0.39 is 0 Å². The van der Waals surface area contributed by atoms with Crippen LogP contribution in [0.4, 0.5) is 0 Å². The molecule has 2 atom stereocenters. The Bertz CT molecular complexity index is 891. The second kappa shape index (κ2) is 6.52. The second-order valence-electron chi connectivity index (χ2n) is 5.63. The van der Waals surface area contributed by atoms with Gasteiger partial charge in [0.1, 0.15) is 5.82 Å². The number of nitrogens with one attached hydrogen (secondary N) is 2. The van der Waals surface area contributed by atoms with E-state index in [2.05, 4.69) is 22.2 Å². The molecule has 0 bridgehead atoms. The van der Waals surface area contributed by atoms with Crippen LogP contribution in [0.25, 0.3) is 10.9 Å². The summed E-state index contributed by atoms with van der Waals surface area (Å²) in [4.78, 5) is 19.6. The van der Waals surface area contributed by atoms with E-state index in [1.54, 1.807) is 6.07 Å². The molecule has 2 N–H and O–H groups in total. The van der Waals surface area contributed by atoms with E-state index in [1.165, 1.54) is 0 Å². The van der Waals surface area contributed by atoms with E-state index in [1.807, 2.05) is 49.4 Å². The summed E-state index contributed by atoms with van der Waals surface area (Å²) in [5.74, 6) is 0.627. The molecule has 3 rings (SSSR count). The third kappa shape index (κ3) is 3.44. The maximum absolute atomic E-state index is 12.2. The highest BCUT2D eigenvalue weighted by Crippen LogP contribution is 2.20. The van der Waals surface area contributed by atoms with Crippen molar-refractivity contribution < 1.29 is 0 Å². The van der Waals surface area contributed by atoms with E-state index in [-0.39, 0.29) is 17.6 Å². The van der Waals surface area contributed by atoms with Crippen LogP contribution in [0.5, 0.6) is 0 Å². The molecule has 4 nitrogen and oxygen atoms in total. The molecule has 23 heavy (non-hydrogen) atoms. The van der Waals surface area contributed by atoms with Crippen LogP contribution in [0.15, 0.2) is 53.3 Å². The van der Waals surface area contributed by atoms with Gasteiger partial charge < -0.3 is 10.3 Å². The highest BCUT2D eigenvalue weighted by Gasteiger charge is 2.14. The molecule has 0 spiro atoms. The first kappa shape index (κ1) is 15.7. The van der Waals surface area contributed by atoms with Gasteiger partial charge in [0, 0.05) is 11.1 Å². The number of rotatable bonds is 4. The van der Waals surface area contributed by atoms with Crippen LogP contribution in [0.2, 0.25) is 5.02 Å². The van der Waals surface area contributed by atoms with Crippen molar-refractivity contribution >= 4 is 22.5 Å². The number of fused-ring (bicyclic) bond motifs is 1. The summed E-state index contributed by atoms with van der Waals surface area (Å²) in [6.07, 6.45) is 0. The third-order valence-electron chi connectivity index (χ3n) is 3.89. The summed E-state index contributed by atoms with van der Waals surface area (Å²) in [6.45, 7) is 4.04. The summed E-state index contributed by atoms with van der Waals surface area (Å²) in [5, 5.41) is 4.75. The molecule has 0 aliphatic heterocycles. The minimum absolute atomic E-state index is 0.0838. The second-order valence-corrected chi connectivity index (χ2v) is 6.07. The summed E-state index contributed by atoms with van der Waals surface area (Å²) in [6, 6.07) is 15.1. The zero-order chi connectivity index (χ0) is 16.4. The number of para-hydroxylation sites is 1. The van der Waals surface area contributed by atoms with Gasteiger partial charge in [-0.2, -0.15) is 0 Å². The summed E-state index contributed by atoms with van der Waals surface area (Å²) in [7, 11) is 0. The van der Waals surface area contributed by atoms with Gasteiger partial charge >= 0.3 is 0 Å². The Morgan fingerprint density at radius 1 is 1.09 bits per heavy atom. The smallest absolute Gasteiger partial charge is 0.258 e. The first-order valence-electron chi connectivity index (χ1n) is 7.55. The summed E-state index contributed by atoms with van der Waals surface area (Å²) in [5.41, 5.74) is 1.68. The number of H-pyrrole nitrogens is 1. The van der Waals surface area contributed by atoms with Gasteiger partial charge in [-0.15, -0.1) is 0 Å². The van der Waals surface area contributed by atoms with Gasteiger partial charge in [-0.3, -0.25) is 4.79 Å². The fourth-order valence-corrected chi connectivity index (χ4v) is 2.83. The normalized spacial score (nSPS) is 13.9. The van der Waals surface area contributed by atoms with E-state index in [4.69, 9.17) is 11.6 Å². The van der Waals surface area contributed by atoms with Crippen molar-refractivity contribution in [1.29, 1.82) is 0 Å². The lowest BCUT2D eigenvalue weighted by atomic mass is 10.1. The summed E-state index contributed by atoms with van der Waals surface area (Å²) < 4.78 is 0. The van der Waals surface area contributed by atoms with Crippen molar-refractivity contribution in [1.82, 2.24) is 15.3 Å². The Morgan fingerprint density at radius 3 is 2.65 bits per heavy atom. The maximum Gasteiger partial charge on any atom is 0.258 e. The predicted octanol–water partition coefficient (Wildman–Crippen LogP) is 3.99. The average Bonchev–Trinajstić information content (AvgIpc) is 2.54. The Balaban J connectivity index is 1.86. The highest BCUT2D eigenvalue weighted by molar-refractivity contribution is 6.30. The predicted molar refractivity (Wildman–Crippen MR) is 93.8 cm³/mol. The average molecular weight is 328 g/mol. The Kier molecular flexibility index (Phi) is 4.46. The molecule has 2 aromatic carbocycles. The molecule has 0 saturated carbocycles. The number of halogens is 1. The van der Waals surface area contributed by atoms with Gasteiger partial charge in [-0.1, -0.05) is 35.9 Å². The SMILES string of the molecule is C[C@@H](N[C@H](C)c1nc2ccccc2c(=O)[nH]1)c1cccc(Cl)c1. The molecule has 0 unspecified atom stereocenters. The molecular weight excluding hydrogens is 310 g/mol. The minimum atomic E-state index is -0.116. The van der Waals surface area contributed by atoms with Crippen LogP contribution in [0.1, 0.15) is 37.3 Å². The van der Waals surface area contributed by atoms with Gasteiger partial charge in [0.15, 0.2) is 0 Å². The standard InChI is InChI=1S/C18H18ClN3O/c1-11(13-6-5-7-14(19)10-13)20-12(2)17-21-16-9-4-3-8-15(16)18(23)22-17/h3-12,20H,1-2H3,(H,21,22,23)/t11-,12-/m1/s1. The van der Waals surface area contributed by atoms with Gasteiger partial charge in [0.05, 0.1) is 16.9 Å². The van der Waals surface area contributed by atoms with Crippen LogP contribution in [-0.4, -0.2) is 9.97 Å². The number of aromatic amines is 1. The van der Waals surface area contributed by atoms with Crippen molar-refractivity contribution in [2.24, 2.45) is 0 Å². The quantitative estimate of drug-likeness (QED) is 0.761. The number of benzene rings is 2. The topological polar surface area (TPSA) is 57.8 Å². The summed E-state index contributed by atoms with van der Waals surface area (Å²) >= 11 is 6.04. The van der Waals surface area contributed by atoms with Crippen molar-refractivity contribution in [3.05, 3.63) is 75.3 Å². The Hall–Kier alpha value is -2.17. The van der Waals surface area contributed by atoms with Crippen molar-refractivity contribution in [2.75, 3.05) is 0 Å². The first-order chi connectivity index (χ1) is 11.0. The molecule has 0 radical (unpaired) electrons. The Morgan fingerprint density at radius 2 is 1.87 bits per heavy atom. The molecule has 0 aliphatic carbocycles. The minimum Gasteiger partial charge on any atom is -0.309 e. The molecule has 1 heterocycles. The van der Waals surface area contributed by atoms with E-state index in [9.17, 15) is 4.79 Å². The molecule has 0 fully saturated rings. The number of hydrogen-bond acceptors (Lipinski definition) is 3. The van der Waals surface area contributed by atoms with E-state index in [0.29, 0.717) is 21.7 Å². The van der Waals surface area contributed by atoms with Crippen LogP contribution in [-0.2, 0) is 0 Å². The molecular formula is C18H18ClN3O. The molecule has 1 aromatic heterocycles.